The third-order valence-electron chi connectivity index (χ3n) is 4.27. The van der Waals surface area contributed by atoms with E-state index in [0.717, 1.165) is 30.2 Å². The van der Waals surface area contributed by atoms with E-state index in [2.05, 4.69) is 15.5 Å². The third kappa shape index (κ3) is 4.61. The zero-order valence-electron chi connectivity index (χ0n) is 13.7. The molecule has 0 aromatic heterocycles. The van der Waals surface area contributed by atoms with Crippen molar-refractivity contribution < 1.29 is 9.59 Å². The highest BCUT2D eigenvalue weighted by Gasteiger charge is 2.21. The minimum atomic E-state index is -0.221. The summed E-state index contributed by atoms with van der Waals surface area (Å²) in [7, 11) is 0. The normalized spacial score (nSPS) is 20.2. The third-order valence-corrected chi connectivity index (χ3v) is 5.37. The summed E-state index contributed by atoms with van der Waals surface area (Å²) in [6, 6.07) is 7.59. The van der Waals surface area contributed by atoms with E-state index in [-0.39, 0.29) is 11.8 Å². The topological polar surface area (TPSA) is 61.4 Å². The number of rotatable bonds is 4. The molecule has 0 bridgehead atoms. The average molecular weight is 345 g/mol. The van der Waals surface area contributed by atoms with Crippen LogP contribution in [0.1, 0.15) is 25.7 Å². The maximum Gasteiger partial charge on any atom is 0.262 e. The maximum absolute atomic E-state index is 12.1. The highest BCUT2D eigenvalue weighted by Crippen LogP contribution is 2.37. The molecular formula is C18H23N3O2S. The van der Waals surface area contributed by atoms with Crippen molar-refractivity contribution in [1.82, 2.24) is 10.2 Å². The summed E-state index contributed by atoms with van der Waals surface area (Å²) >= 11 is 1.34. The molecule has 0 saturated carbocycles. The molecule has 2 N–H and O–H groups in total. The number of nitrogens with zero attached hydrogens (tertiary/aromatic N) is 1. The summed E-state index contributed by atoms with van der Waals surface area (Å²) in [5.41, 5.74) is 0.797. The molecule has 6 heteroatoms. The first kappa shape index (κ1) is 17.0. The van der Waals surface area contributed by atoms with Crippen molar-refractivity contribution in [2.75, 3.05) is 31.5 Å². The Labute approximate surface area is 146 Å². The highest BCUT2D eigenvalue weighted by molar-refractivity contribution is 8.04. The van der Waals surface area contributed by atoms with Gasteiger partial charge in [0.05, 0.1) is 10.6 Å². The number of nitrogens with one attached hydrogen (secondary N) is 2. The number of hydrogen-bond donors (Lipinski definition) is 2. The summed E-state index contributed by atoms with van der Waals surface area (Å²) < 4.78 is 0. The van der Waals surface area contributed by atoms with Crippen LogP contribution in [0.5, 0.6) is 0 Å². The van der Waals surface area contributed by atoms with Crippen LogP contribution >= 0.6 is 11.8 Å². The quantitative estimate of drug-likeness (QED) is 0.824. The van der Waals surface area contributed by atoms with Gasteiger partial charge in [-0.05, 0) is 38.1 Å². The zero-order chi connectivity index (χ0) is 16.8. The van der Waals surface area contributed by atoms with Crippen molar-refractivity contribution >= 4 is 29.3 Å². The van der Waals surface area contributed by atoms with Crippen molar-refractivity contribution in [3.8, 4) is 0 Å². The molecule has 0 radical (unpaired) electrons. The lowest BCUT2D eigenvalue weighted by molar-refractivity contribution is -0.117. The molecule has 0 atom stereocenters. The SMILES string of the molecule is O=C(/C=C1\Sc2ccccc2NC1=O)NCCN1CCCCCC1. The number of fused-ring (bicyclic) bond motifs is 1. The maximum atomic E-state index is 12.1. The number of hydrogen-bond acceptors (Lipinski definition) is 4. The van der Waals surface area contributed by atoms with Crippen LogP contribution in [0.25, 0.3) is 0 Å². The van der Waals surface area contributed by atoms with Crippen molar-refractivity contribution in [1.29, 1.82) is 0 Å². The van der Waals surface area contributed by atoms with Gasteiger partial charge in [-0.3, -0.25) is 9.59 Å². The van der Waals surface area contributed by atoms with Gasteiger partial charge in [0.2, 0.25) is 5.91 Å². The Kier molecular flexibility index (Phi) is 5.93. The van der Waals surface area contributed by atoms with Gasteiger partial charge in [-0.15, -0.1) is 0 Å². The molecule has 128 valence electrons. The zero-order valence-corrected chi connectivity index (χ0v) is 14.5. The molecule has 1 aromatic rings. The summed E-state index contributed by atoms with van der Waals surface area (Å²) in [4.78, 5) is 27.9. The van der Waals surface area contributed by atoms with Gasteiger partial charge in [-0.25, -0.2) is 0 Å². The standard InChI is InChI=1S/C18H23N3O2S/c22-17(19-9-12-21-10-5-1-2-6-11-21)13-16-18(23)20-14-7-3-4-8-15(14)24-16/h3-4,7-8,13H,1-2,5-6,9-12H2,(H,19,22)(H,20,23)/b16-13-. The Morgan fingerprint density at radius 1 is 1.21 bits per heavy atom. The van der Waals surface area contributed by atoms with E-state index in [1.165, 1.54) is 43.5 Å². The second kappa shape index (κ2) is 8.35. The molecule has 0 aliphatic carbocycles. The van der Waals surface area contributed by atoms with Crippen LogP contribution in [0, 0.1) is 0 Å². The van der Waals surface area contributed by atoms with Gasteiger partial charge in [0.15, 0.2) is 0 Å². The minimum Gasteiger partial charge on any atom is -0.351 e. The van der Waals surface area contributed by atoms with Crippen LogP contribution in [0.15, 0.2) is 40.1 Å². The van der Waals surface area contributed by atoms with Crippen molar-refractivity contribution in [3.05, 3.63) is 35.2 Å². The summed E-state index contributed by atoms with van der Waals surface area (Å²) in [5, 5.41) is 5.71. The van der Waals surface area contributed by atoms with Gasteiger partial charge in [0, 0.05) is 24.1 Å². The van der Waals surface area contributed by atoms with Gasteiger partial charge in [0.1, 0.15) is 0 Å². The second-order valence-corrected chi connectivity index (χ2v) is 7.19. The number of carbonyl (C=O) groups is 2. The Morgan fingerprint density at radius 2 is 1.96 bits per heavy atom. The van der Waals surface area contributed by atoms with E-state index in [1.807, 2.05) is 24.3 Å². The molecule has 0 unspecified atom stereocenters. The van der Waals surface area contributed by atoms with Crippen LogP contribution in [0.3, 0.4) is 0 Å². The number of para-hydroxylation sites is 1. The minimum absolute atomic E-state index is 0.207. The molecule has 1 saturated heterocycles. The van der Waals surface area contributed by atoms with Gasteiger partial charge in [0.25, 0.3) is 5.91 Å². The van der Waals surface area contributed by atoms with Crippen LogP contribution in [0.4, 0.5) is 5.69 Å². The number of carbonyl (C=O) groups excluding carboxylic acids is 2. The van der Waals surface area contributed by atoms with Crippen molar-refractivity contribution in [3.63, 3.8) is 0 Å². The summed E-state index contributed by atoms with van der Waals surface area (Å²) in [6.45, 7) is 3.72. The summed E-state index contributed by atoms with van der Waals surface area (Å²) in [5.74, 6) is -0.428. The van der Waals surface area contributed by atoms with Crippen LogP contribution < -0.4 is 10.6 Å². The lowest BCUT2D eigenvalue weighted by atomic mass is 10.2. The smallest absolute Gasteiger partial charge is 0.262 e. The predicted molar refractivity (Wildman–Crippen MR) is 96.9 cm³/mol. The lowest BCUT2D eigenvalue weighted by Crippen LogP contribution is -2.35. The van der Waals surface area contributed by atoms with Gasteiger partial charge in [-0.2, -0.15) is 0 Å². The lowest BCUT2D eigenvalue weighted by Gasteiger charge is -2.20. The van der Waals surface area contributed by atoms with Crippen LogP contribution in [-0.4, -0.2) is 42.9 Å². The van der Waals surface area contributed by atoms with E-state index in [0.29, 0.717) is 11.4 Å². The van der Waals surface area contributed by atoms with Crippen molar-refractivity contribution in [2.24, 2.45) is 0 Å². The van der Waals surface area contributed by atoms with Crippen molar-refractivity contribution in [2.45, 2.75) is 30.6 Å². The monoisotopic (exact) mass is 345 g/mol. The first-order valence-electron chi connectivity index (χ1n) is 8.52. The molecule has 1 aromatic carbocycles. The molecule has 2 aliphatic heterocycles. The molecule has 0 spiro atoms. The van der Waals surface area contributed by atoms with Crippen LogP contribution in [-0.2, 0) is 9.59 Å². The van der Waals surface area contributed by atoms with Gasteiger partial charge < -0.3 is 15.5 Å². The number of benzene rings is 1. The first-order chi connectivity index (χ1) is 11.7. The molecule has 2 heterocycles. The molecule has 1 fully saturated rings. The fourth-order valence-corrected chi connectivity index (χ4v) is 3.89. The highest BCUT2D eigenvalue weighted by atomic mass is 32.2. The number of anilines is 1. The number of thioether (sulfide) groups is 1. The molecule has 2 aliphatic rings. The van der Waals surface area contributed by atoms with E-state index in [9.17, 15) is 9.59 Å². The molecule has 2 amide bonds. The van der Waals surface area contributed by atoms with E-state index in [1.54, 1.807) is 0 Å². The Hall–Kier alpha value is -1.79. The molecular weight excluding hydrogens is 322 g/mol. The van der Waals surface area contributed by atoms with E-state index >= 15 is 0 Å². The predicted octanol–water partition coefficient (Wildman–Crippen LogP) is 2.61. The van der Waals surface area contributed by atoms with Crippen LogP contribution in [0.2, 0.25) is 0 Å². The first-order valence-corrected chi connectivity index (χ1v) is 9.34. The Balaban J connectivity index is 1.50. The summed E-state index contributed by atoms with van der Waals surface area (Å²) in [6.07, 6.45) is 6.51. The fourth-order valence-electron chi connectivity index (χ4n) is 2.97. The fraction of sp³-hybridized carbons (Fsp3) is 0.444. The average Bonchev–Trinajstić information content (AvgIpc) is 2.84. The number of likely N-dealkylation sites (tertiary alicyclic amines) is 1. The Bertz CT molecular complexity index is 637. The van der Waals surface area contributed by atoms with Gasteiger partial charge >= 0.3 is 0 Å². The Morgan fingerprint density at radius 3 is 2.75 bits per heavy atom. The largest absolute Gasteiger partial charge is 0.351 e. The molecule has 5 nitrogen and oxygen atoms in total. The van der Waals surface area contributed by atoms with E-state index in [4.69, 9.17) is 0 Å². The molecule has 24 heavy (non-hydrogen) atoms. The second-order valence-electron chi connectivity index (χ2n) is 6.11. The van der Waals surface area contributed by atoms with Gasteiger partial charge in [-0.1, -0.05) is 36.7 Å². The molecule has 3 rings (SSSR count). The van der Waals surface area contributed by atoms with E-state index < -0.39 is 0 Å². The number of amides is 2.